The molecule has 0 aliphatic rings. The highest BCUT2D eigenvalue weighted by atomic mass is 127. The first-order chi connectivity index (χ1) is 13.7. The van der Waals surface area contributed by atoms with Crippen LogP contribution >= 0.6 is 24.0 Å². The molecule has 2 N–H and O–H groups in total. The second kappa shape index (κ2) is 11.9. The van der Waals surface area contributed by atoms with E-state index in [4.69, 9.17) is 4.74 Å². The van der Waals surface area contributed by atoms with Crippen molar-refractivity contribution in [2.45, 2.75) is 13.0 Å². The van der Waals surface area contributed by atoms with Gasteiger partial charge in [-0.25, -0.2) is 4.39 Å². The van der Waals surface area contributed by atoms with Crippen molar-refractivity contribution in [3.63, 3.8) is 0 Å². The molecule has 2 heterocycles. The van der Waals surface area contributed by atoms with E-state index in [1.807, 2.05) is 24.3 Å². The molecule has 3 aromatic rings. The molecule has 2 aromatic heterocycles. The van der Waals surface area contributed by atoms with Gasteiger partial charge in [0.25, 0.3) is 0 Å². The van der Waals surface area contributed by atoms with Gasteiger partial charge in [-0.15, -0.1) is 24.0 Å². The summed E-state index contributed by atoms with van der Waals surface area (Å²) < 4.78 is 19.8. The van der Waals surface area contributed by atoms with E-state index in [0.29, 0.717) is 24.8 Å². The van der Waals surface area contributed by atoms with Crippen LogP contribution < -0.4 is 15.4 Å². The zero-order chi connectivity index (χ0) is 19.6. The lowest BCUT2D eigenvalue weighted by Gasteiger charge is -2.12. The maximum Gasteiger partial charge on any atom is 0.191 e. The number of benzene rings is 1. The number of aliphatic imine (C=N–C) groups is 1. The quantitative estimate of drug-likeness (QED) is 0.288. The van der Waals surface area contributed by atoms with Crippen molar-refractivity contribution in [3.05, 3.63) is 84.2 Å². The minimum absolute atomic E-state index is 0. The van der Waals surface area contributed by atoms with E-state index < -0.39 is 5.82 Å². The van der Waals surface area contributed by atoms with E-state index in [0.717, 1.165) is 17.7 Å². The SMILES string of the molecule is CN=C(NCCc1ccccn1)NCc1ccc(Oc2cccnc2)c(F)c1.I. The number of nitrogens with one attached hydrogen (secondary N) is 2. The maximum absolute atomic E-state index is 14.3. The lowest BCUT2D eigenvalue weighted by molar-refractivity contribution is 0.440. The second-order valence-corrected chi connectivity index (χ2v) is 5.98. The van der Waals surface area contributed by atoms with Gasteiger partial charge in [0.1, 0.15) is 5.75 Å². The number of rotatable bonds is 7. The molecule has 0 radical (unpaired) electrons. The Labute approximate surface area is 186 Å². The number of nitrogens with zero attached hydrogens (tertiary/aromatic N) is 3. The summed E-state index contributed by atoms with van der Waals surface area (Å²) >= 11 is 0. The van der Waals surface area contributed by atoms with E-state index in [2.05, 4.69) is 25.6 Å². The van der Waals surface area contributed by atoms with E-state index in [1.54, 1.807) is 37.6 Å². The number of halogens is 2. The summed E-state index contributed by atoms with van der Waals surface area (Å²) in [5.41, 5.74) is 1.79. The zero-order valence-corrected chi connectivity index (χ0v) is 18.3. The van der Waals surface area contributed by atoms with Crippen LogP contribution in [0.4, 0.5) is 4.39 Å². The molecule has 0 saturated carbocycles. The number of hydrogen-bond acceptors (Lipinski definition) is 4. The van der Waals surface area contributed by atoms with Gasteiger partial charge in [-0.1, -0.05) is 12.1 Å². The van der Waals surface area contributed by atoms with Gasteiger partial charge in [-0.2, -0.15) is 0 Å². The highest BCUT2D eigenvalue weighted by Gasteiger charge is 2.07. The average Bonchev–Trinajstić information content (AvgIpc) is 2.74. The largest absolute Gasteiger partial charge is 0.453 e. The number of ether oxygens (including phenoxy) is 1. The topological polar surface area (TPSA) is 71.4 Å². The van der Waals surface area contributed by atoms with Gasteiger partial charge in [0.15, 0.2) is 17.5 Å². The van der Waals surface area contributed by atoms with E-state index in [1.165, 1.54) is 12.3 Å². The molecular formula is C21H23FIN5O. The molecule has 0 amide bonds. The summed E-state index contributed by atoms with van der Waals surface area (Å²) in [5.74, 6) is 0.868. The van der Waals surface area contributed by atoms with Crippen LogP contribution in [0.25, 0.3) is 0 Å². The molecule has 6 nitrogen and oxygen atoms in total. The van der Waals surface area contributed by atoms with Crippen LogP contribution in [0.1, 0.15) is 11.3 Å². The first-order valence-corrected chi connectivity index (χ1v) is 8.95. The zero-order valence-electron chi connectivity index (χ0n) is 16.0. The van der Waals surface area contributed by atoms with Crippen LogP contribution in [0.3, 0.4) is 0 Å². The van der Waals surface area contributed by atoms with Crippen molar-refractivity contribution in [2.75, 3.05) is 13.6 Å². The van der Waals surface area contributed by atoms with Crippen molar-refractivity contribution in [1.29, 1.82) is 0 Å². The minimum atomic E-state index is -0.429. The molecule has 0 unspecified atom stereocenters. The molecule has 0 saturated heterocycles. The summed E-state index contributed by atoms with van der Waals surface area (Å²) in [6.07, 6.45) is 5.74. The highest BCUT2D eigenvalue weighted by molar-refractivity contribution is 14.0. The molecule has 0 spiro atoms. The van der Waals surface area contributed by atoms with Crippen molar-refractivity contribution in [3.8, 4) is 11.5 Å². The summed E-state index contributed by atoms with van der Waals surface area (Å²) in [7, 11) is 1.70. The van der Waals surface area contributed by atoms with Crippen molar-refractivity contribution in [1.82, 2.24) is 20.6 Å². The Morgan fingerprint density at radius 2 is 2.00 bits per heavy atom. The number of aromatic nitrogens is 2. The Morgan fingerprint density at radius 1 is 1.10 bits per heavy atom. The number of guanidine groups is 1. The first-order valence-electron chi connectivity index (χ1n) is 8.95. The fraction of sp³-hybridized carbons (Fsp3) is 0.190. The lowest BCUT2D eigenvalue weighted by atomic mass is 10.2. The third-order valence-electron chi connectivity index (χ3n) is 3.94. The summed E-state index contributed by atoms with van der Waals surface area (Å²) in [5, 5.41) is 6.39. The monoisotopic (exact) mass is 507 g/mol. The molecule has 29 heavy (non-hydrogen) atoms. The Kier molecular flexibility index (Phi) is 9.29. The fourth-order valence-electron chi connectivity index (χ4n) is 2.53. The van der Waals surface area contributed by atoms with E-state index in [-0.39, 0.29) is 29.7 Å². The molecule has 0 atom stereocenters. The predicted molar refractivity (Wildman–Crippen MR) is 122 cm³/mol. The van der Waals surface area contributed by atoms with Crippen LogP contribution in [-0.4, -0.2) is 29.5 Å². The van der Waals surface area contributed by atoms with Crippen LogP contribution in [0.15, 0.2) is 72.1 Å². The average molecular weight is 507 g/mol. The number of hydrogen-bond donors (Lipinski definition) is 2. The van der Waals surface area contributed by atoms with Crippen LogP contribution in [0.5, 0.6) is 11.5 Å². The van der Waals surface area contributed by atoms with E-state index >= 15 is 0 Å². The van der Waals surface area contributed by atoms with Crippen LogP contribution in [-0.2, 0) is 13.0 Å². The molecule has 0 fully saturated rings. The van der Waals surface area contributed by atoms with Gasteiger partial charge in [0.2, 0.25) is 0 Å². The smallest absolute Gasteiger partial charge is 0.191 e. The summed E-state index contributed by atoms with van der Waals surface area (Å²) in [6, 6.07) is 14.2. The molecule has 3 rings (SSSR count). The number of pyridine rings is 2. The third kappa shape index (κ3) is 7.30. The Balaban J connectivity index is 0.00000300. The summed E-state index contributed by atoms with van der Waals surface area (Å²) in [4.78, 5) is 12.4. The molecule has 0 bridgehead atoms. The van der Waals surface area contributed by atoms with Crippen LogP contribution in [0, 0.1) is 5.82 Å². The normalized spacial score (nSPS) is 10.8. The molecule has 0 aliphatic carbocycles. The van der Waals surface area contributed by atoms with E-state index in [9.17, 15) is 4.39 Å². The minimum Gasteiger partial charge on any atom is -0.453 e. The van der Waals surface area contributed by atoms with Crippen LogP contribution in [0.2, 0.25) is 0 Å². The first kappa shape index (κ1) is 22.5. The lowest BCUT2D eigenvalue weighted by Crippen LogP contribution is -2.37. The van der Waals surface area contributed by atoms with Gasteiger partial charge in [0, 0.05) is 44.6 Å². The maximum atomic E-state index is 14.3. The van der Waals surface area contributed by atoms with Crippen molar-refractivity contribution >= 4 is 29.9 Å². The van der Waals surface area contributed by atoms with Gasteiger partial charge < -0.3 is 15.4 Å². The Morgan fingerprint density at radius 3 is 2.69 bits per heavy atom. The Hall–Kier alpha value is -2.75. The molecule has 8 heteroatoms. The molecule has 152 valence electrons. The Bertz CT molecular complexity index is 909. The van der Waals surface area contributed by atoms with Gasteiger partial charge >= 0.3 is 0 Å². The molecule has 1 aromatic carbocycles. The fourth-order valence-corrected chi connectivity index (χ4v) is 2.53. The molecule has 0 aliphatic heterocycles. The van der Waals surface area contributed by atoms with Gasteiger partial charge in [-0.05, 0) is 42.0 Å². The highest BCUT2D eigenvalue weighted by Crippen LogP contribution is 2.24. The predicted octanol–water partition coefficient (Wildman–Crippen LogP) is 3.93. The standard InChI is InChI=1S/C21H22FN5O.HI/c1-23-21(26-12-9-17-5-2-3-11-25-17)27-14-16-7-8-20(19(22)13-16)28-18-6-4-10-24-15-18;/h2-8,10-11,13,15H,9,12,14H2,1H3,(H2,23,26,27);1H. The second-order valence-electron chi connectivity index (χ2n) is 5.98. The van der Waals surface area contributed by atoms with Crippen molar-refractivity contribution < 1.29 is 9.13 Å². The molecular weight excluding hydrogens is 484 g/mol. The van der Waals surface area contributed by atoms with Gasteiger partial charge in [0.05, 0.1) is 6.20 Å². The third-order valence-corrected chi connectivity index (χ3v) is 3.94. The summed E-state index contributed by atoms with van der Waals surface area (Å²) in [6.45, 7) is 1.14. The van der Waals surface area contributed by atoms with Gasteiger partial charge in [-0.3, -0.25) is 15.0 Å². The van der Waals surface area contributed by atoms with Crippen molar-refractivity contribution in [2.24, 2.45) is 4.99 Å².